The van der Waals surface area contributed by atoms with Gasteiger partial charge in [-0.1, -0.05) is 12.1 Å². The van der Waals surface area contributed by atoms with Crippen LogP contribution in [-0.2, 0) is 27.4 Å². The van der Waals surface area contributed by atoms with Gasteiger partial charge in [-0.05, 0) is 68.7 Å². The number of ether oxygens (including phenoxy) is 3. The van der Waals surface area contributed by atoms with Crippen molar-refractivity contribution in [2.75, 3.05) is 20.2 Å². The fourth-order valence-corrected chi connectivity index (χ4v) is 5.69. The first kappa shape index (κ1) is 31.1. The Labute approximate surface area is 252 Å². The molecule has 2 fully saturated rings. The number of carbonyl (C=O) groups is 4. The highest BCUT2D eigenvalue weighted by molar-refractivity contribution is 6.05. The first-order valence-electron chi connectivity index (χ1n) is 14.3. The minimum Gasteiger partial charge on any atom is -0.497 e. The van der Waals surface area contributed by atoms with Crippen molar-refractivity contribution in [3.63, 3.8) is 0 Å². The summed E-state index contributed by atoms with van der Waals surface area (Å²) >= 11 is 0. The quantitative estimate of drug-likeness (QED) is 0.438. The summed E-state index contributed by atoms with van der Waals surface area (Å²) in [4.78, 5) is 55.5. The molecule has 0 aromatic heterocycles. The van der Waals surface area contributed by atoms with Gasteiger partial charge in [-0.2, -0.15) is 13.2 Å². The van der Waals surface area contributed by atoms with E-state index in [1.54, 1.807) is 45.0 Å². The standard InChI is InChI=1S/C31H34F3N3O7/c1-30(2,3)44-29(41)35-16-23(31(32,33)34)25(17-35)43-21-9-10-22-19(13-21)15-36(27(22)39)24-11-12-26(38)37(28(24)40)14-18-5-7-20(42-4)8-6-18/h5-10,13,23-25H,11-12,14-17H2,1-4H3. The van der Waals surface area contributed by atoms with E-state index >= 15 is 0 Å². The van der Waals surface area contributed by atoms with Crippen molar-refractivity contribution in [2.24, 2.45) is 5.92 Å². The first-order chi connectivity index (χ1) is 20.6. The first-order valence-corrected chi connectivity index (χ1v) is 14.3. The van der Waals surface area contributed by atoms with Crippen LogP contribution in [0.15, 0.2) is 42.5 Å². The molecule has 2 aromatic carbocycles. The van der Waals surface area contributed by atoms with E-state index < -0.39 is 54.3 Å². The number of carbonyl (C=O) groups excluding carboxylic acids is 4. The zero-order chi connectivity index (χ0) is 32.0. The van der Waals surface area contributed by atoms with Crippen molar-refractivity contribution >= 4 is 23.8 Å². The lowest BCUT2D eigenvalue weighted by Crippen LogP contribution is -2.54. The Bertz CT molecular complexity index is 1450. The number of likely N-dealkylation sites (tertiary alicyclic amines) is 2. The van der Waals surface area contributed by atoms with Gasteiger partial charge in [0, 0.05) is 25.1 Å². The number of amides is 4. The molecule has 0 radical (unpaired) electrons. The van der Waals surface area contributed by atoms with Crippen LogP contribution in [0.2, 0.25) is 0 Å². The van der Waals surface area contributed by atoms with Crippen LogP contribution in [-0.4, -0.2) is 82.6 Å². The van der Waals surface area contributed by atoms with Gasteiger partial charge in [0.1, 0.15) is 35.2 Å². The van der Waals surface area contributed by atoms with Gasteiger partial charge in [0.25, 0.3) is 11.8 Å². The second kappa shape index (κ2) is 11.7. The summed E-state index contributed by atoms with van der Waals surface area (Å²) in [6.45, 7) is 4.04. The second-order valence-electron chi connectivity index (χ2n) is 12.2. The third-order valence-corrected chi connectivity index (χ3v) is 7.89. The predicted octanol–water partition coefficient (Wildman–Crippen LogP) is 4.55. The van der Waals surface area contributed by atoms with Gasteiger partial charge < -0.3 is 24.0 Å². The molecule has 3 unspecified atom stereocenters. The summed E-state index contributed by atoms with van der Waals surface area (Å²) in [6.07, 6.45) is -6.62. The van der Waals surface area contributed by atoms with Crippen LogP contribution in [0.5, 0.6) is 11.5 Å². The SMILES string of the molecule is COc1ccc(CN2C(=O)CCC(N3Cc4cc(OC5CN(C(=O)OC(C)(C)C)CC5C(F)(F)F)ccc4C3=O)C2=O)cc1. The lowest BCUT2D eigenvalue weighted by molar-refractivity contribution is -0.185. The molecule has 10 nitrogen and oxygen atoms in total. The van der Waals surface area contributed by atoms with Gasteiger partial charge in [0.05, 0.1) is 20.2 Å². The number of piperidine rings is 1. The number of alkyl halides is 3. The van der Waals surface area contributed by atoms with Gasteiger partial charge in [0.2, 0.25) is 5.91 Å². The molecule has 3 aliphatic heterocycles. The maximum atomic E-state index is 13.9. The molecule has 13 heteroatoms. The minimum atomic E-state index is -4.62. The Hall–Kier alpha value is -4.29. The van der Waals surface area contributed by atoms with Crippen LogP contribution in [0.1, 0.15) is 55.1 Å². The van der Waals surface area contributed by atoms with Gasteiger partial charge in [0.15, 0.2) is 0 Å². The molecule has 3 atom stereocenters. The summed E-state index contributed by atoms with van der Waals surface area (Å²) in [5.74, 6) is -2.43. The Morgan fingerprint density at radius 3 is 2.30 bits per heavy atom. The van der Waals surface area contributed by atoms with E-state index in [9.17, 15) is 32.3 Å². The molecule has 2 aromatic rings. The smallest absolute Gasteiger partial charge is 0.410 e. The van der Waals surface area contributed by atoms with Crippen LogP contribution in [0.3, 0.4) is 0 Å². The van der Waals surface area contributed by atoms with Gasteiger partial charge >= 0.3 is 12.3 Å². The second-order valence-corrected chi connectivity index (χ2v) is 12.2. The molecule has 0 bridgehead atoms. The van der Waals surface area contributed by atoms with Gasteiger partial charge in [-0.15, -0.1) is 0 Å². The Kier molecular flexibility index (Phi) is 8.25. The van der Waals surface area contributed by atoms with Gasteiger partial charge in [-0.3, -0.25) is 19.3 Å². The number of hydrogen-bond donors (Lipinski definition) is 0. The molecule has 3 aliphatic rings. The zero-order valence-electron chi connectivity index (χ0n) is 24.8. The largest absolute Gasteiger partial charge is 0.497 e. The number of benzene rings is 2. The van der Waals surface area contributed by atoms with Crippen molar-refractivity contribution in [1.82, 2.24) is 14.7 Å². The Morgan fingerprint density at radius 2 is 1.66 bits per heavy atom. The van der Waals surface area contributed by atoms with Gasteiger partial charge in [-0.25, -0.2) is 4.79 Å². The Balaban J connectivity index is 1.29. The molecule has 0 aliphatic carbocycles. The van der Waals surface area contributed by atoms with Crippen molar-refractivity contribution in [2.45, 2.75) is 70.6 Å². The van der Waals surface area contributed by atoms with Crippen LogP contribution >= 0.6 is 0 Å². The van der Waals surface area contributed by atoms with E-state index in [-0.39, 0.29) is 44.1 Å². The molecular formula is C31H34F3N3O7. The van der Waals surface area contributed by atoms with E-state index in [1.807, 2.05) is 0 Å². The number of methoxy groups -OCH3 is 1. The summed E-state index contributed by atoms with van der Waals surface area (Å²) < 4.78 is 57.9. The number of hydrogen-bond acceptors (Lipinski definition) is 7. The monoisotopic (exact) mass is 617 g/mol. The van der Waals surface area contributed by atoms with Crippen LogP contribution in [0.25, 0.3) is 0 Å². The molecule has 4 amide bonds. The lowest BCUT2D eigenvalue weighted by atomic mass is 10.0. The fraction of sp³-hybridized carbons (Fsp3) is 0.484. The fourth-order valence-electron chi connectivity index (χ4n) is 5.69. The highest BCUT2D eigenvalue weighted by atomic mass is 19.4. The number of imide groups is 1. The summed E-state index contributed by atoms with van der Waals surface area (Å²) in [5, 5.41) is 0. The summed E-state index contributed by atoms with van der Waals surface area (Å²) in [6, 6.07) is 10.4. The average Bonchev–Trinajstić information content (AvgIpc) is 3.52. The summed E-state index contributed by atoms with van der Waals surface area (Å²) in [5.41, 5.74) is 0.643. The van der Waals surface area contributed by atoms with Crippen molar-refractivity contribution < 1.29 is 46.6 Å². The normalized spacial score (nSPS) is 22.4. The topological polar surface area (TPSA) is 106 Å². The molecule has 5 rings (SSSR count). The van der Waals surface area contributed by atoms with Crippen LogP contribution in [0.4, 0.5) is 18.0 Å². The summed E-state index contributed by atoms with van der Waals surface area (Å²) in [7, 11) is 1.53. The van der Waals surface area contributed by atoms with E-state index in [2.05, 4.69) is 0 Å². The maximum absolute atomic E-state index is 13.9. The molecule has 236 valence electrons. The van der Waals surface area contributed by atoms with E-state index in [1.165, 1.54) is 30.2 Å². The minimum absolute atomic E-state index is 0.0315. The molecule has 44 heavy (non-hydrogen) atoms. The predicted molar refractivity (Wildman–Crippen MR) is 150 cm³/mol. The highest BCUT2D eigenvalue weighted by Gasteiger charge is 2.53. The van der Waals surface area contributed by atoms with E-state index in [0.717, 1.165) is 15.4 Å². The number of halogens is 3. The molecule has 2 saturated heterocycles. The van der Waals surface area contributed by atoms with E-state index in [4.69, 9.17) is 14.2 Å². The Morgan fingerprint density at radius 1 is 0.977 bits per heavy atom. The molecule has 0 N–H and O–H groups in total. The highest BCUT2D eigenvalue weighted by Crippen LogP contribution is 2.38. The number of fused-ring (bicyclic) bond motifs is 1. The van der Waals surface area contributed by atoms with Crippen molar-refractivity contribution in [3.05, 3.63) is 59.2 Å². The molecule has 3 heterocycles. The molecule has 0 saturated carbocycles. The molecule has 0 spiro atoms. The third-order valence-electron chi connectivity index (χ3n) is 7.89. The maximum Gasteiger partial charge on any atom is 0.410 e. The van der Waals surface area contributed by atoms with Crippen LogP contribution in [0, 0.1) is 5.92 Å². The lowest BCUT2D eigenvalue weighted by Gasteiger charge is -2.35. The average molecular weight is 618 g/mol. The zero-order valence-corrected chi connectivity index (χ0v) is 24.8. The number of nitrogens with zero attached hydrogens (tertiary/aromatic N) is 3. The third kappa shape index (κ3) is 6.46. The van der Waals surface area contributed by atoms with Crippen molar-refractivity contribution in [1.29, 1.82) is 0 Å². The molecular weight excluding hydrogens is 583 g/mol. The van der Waals surface area contributed by atoms with Crippen LogP contribution < -0.4 is 9.47 Å². The van der Waals surface area contributed by atoms with Crippen molar-refractivity contribution in [3.8, 4) is 11.5 Å². The number of rotatable bonds is 6. The van der Waals surface area contributed by atoms with E-state index in [0.29, 0.717) is 16.9 Å².